The van der Waals surface area contributed by atoms with Crippen molar-refractivity contribution in [3.05, 3.63) is 58.3 Å². The molecule has 4 nitrogen and oxygen atoms in total. The van der Waals surface area contributed by atoms with Crippen LogP contribution in [0.1, 0.15) is 5.56 Å². The molecular weight excluding hydrogens is 444 g/mol. The van der Waals surface area contributed by atoms with Crippen LogP contribution in [0.5, 0.6) is 5.75 Å². The van der Waals surface area contributed by atoms with Crippen LogP contribution in [0.15, 0.2) is 46.9 Å². The quantitative estimate of drug-likeness (QED) is 0.636. The van der Waals surface area contributed by atoms with Crippen LogP contribution in [0.3, 0.4) is 0 Å². The molecule has 1 amide bonds. The Morgan fingerprint density at radius 1 is 1.07 bits per heavy atom. The van der Waals surface area contributed by atoms with E-state index in [2.05, 4.69) is 15.9 Å². The van der Waals surface area contributed by atoms with Crippen molar-refractivity contribution in [3.8, 4) is 5.75 Å². The Labute approximate surface area is 167 Å². The van der Waals surface area contributed by atoms with Gasteiger partial charge in [0.2, 0.25) is 0 Å². The number of alkyl halides is 3. The van der Waals surface area contributed by atoms with Gasteiger partial charge in [-0.05, 0) is 52.3 Å². The normalized spacial score (nSPS) is 14.9. The topological polar surface area (TPSA) is 32.8 Å². The number of ether oxygens (including phenoxy) is 1. The van der Waals surface area contributed by atoms with Gasteiger partial charge >= 0.3 is 6.18 Å². The Balaban J connectivity index is 1.54. The van der Waals surface area contributed by atoms with Crippen molar-refractivity contribution in [2.75, 3.05) is 37.7 Å². The van der Waals surface area contributed by atoms with Crippen LogP contribution in [0.25, 0.3) is 0 Å². The number of anilines is 1. The van der Waals surface area contributed by atoms with E-state index in [1.54, 1.807) is 11.0 Å². The molecule has 1 aliphatic rings. The molecule has 1 heterocycles. The minimum atomic E-state index is -4.39. The van der Waals surface area contributed by atoms with Crippen LogP contribution in [0, 0.1) is 5.82 Å². The molecule has 1 aliphatic heterocycles. The van der Waals surface area contributed by atoms with Gasteiger partial charge in [0.05, 0.1) is 10.0 Å². The van der Waals surface area contributed by atoms with E-state index >= 15 is 0 Å². The molecule has 0 atom stereocenters. The van der Waals surface area contributed by atoms with Crippen molar-refractivity contribution in [1.29, 1.82) is 0 Å². The number of halogens is 5. The van der Waals surface area contributed by atoms with Gasteiger partial charge in [-0.2, -0.15) is 13.2 Å². The molecule has 0 bridgehead atoms. The predicted octanol–water partition coefficient (Wildman–Crippen LogP) is 4.33. The van der Waals surface area contributed by atoms with Gasteiger partial charge in [0, 0.05) is 31.9 Å². The maximum Gasteiger partial charge on any atom is 0.416 e. The molecule has 1 saturated heterocycles. The molecule has 0 spiro atoms. The largest absolute Gasteiger partial charge is 0.483 e. The lowest BCUT2D eigenvalue weighted by atomic mass is 10.1. The second kappa shape index (κ2) is 8.38. The first-order valence-corrected chi connectivity index (χ1v) is 9.31. The van der Waals surface area contributed by atoms with Crippen LogP contribution < -0.4 is 9.64 Å². The van der Waals surface area contributed by atoms with Crippen LogP contribution in [-0.4, -0.2) is 43.6 Å². The summed E-state index contributed by atoms with van der Waals surface area (Å²) in [5.74, 6) is -0.298. The summed E-state index contributed by atoms with van der Waals surface area (Å²) in [7, 11) is 0. The highest BCUT2D eigenvalue weighted by atomic mass is 79.9. The minimum Gasteiger partial charge on any atom is -0.483 e. The minimum absolute atomic E-state index is 0.201. The molecular formula is C19H17BrF4N2O2. The molecule has 9 heteroatoms. The lowest BCUT2D eigenvalue weighted by Gasteiger charge is -2.36. The number of carbonyl (C=O) groups is 1. The van der Waals surface area contributed by atoms with Gasteiger partial charge in [0.15, 0.2) is 6.61 Å². The molecule has 1 fully saturated rings. The summed E-state index contributed by atoms with van der Waals surface area (Å²) in [5, 5.41) is 0. The van der Waals surface area contributed by atoms with Crippen LogP contribution in [0.4, 0.5) is 23.2 Å². The third-order valence-electron chi connectivity index (χ3n) is 4.42. The number of hydrogen-bond donors (Lipinski definition) is 0. The molecule has 0 saturated carbocycles. The number of nitrogens with zero attached hydrogens (tertiary/aromatic N) is 2. The second-order valence-electron chi connectivity index (χ2n) is 6.28. The van der Waals surface area contributed by atoms with Crippen molar-refractivity contribution in [3.63, 3.8) is 0 Å². The highest BCUT2D eigenvalue weighted by molar-refractivity contribution is 9.10. The molecule has 0 N–H and O–H groups in total. The van der Waals surface area contributed by atoms with E-state index in [9.17, 15) is 22.4 Å². The van der Waals surface area contributed by atoms with E-state index in [4.69, 9.17) is 4.74 Å². The molecule has 3 rings (SSSR count). The zero-order valence-electron chi connectivity index (χ0n) is 14.7. The zero-order chi connectivity index (χ0) is 20.3. The SMILES string of the molecule is O=C(COc1ccc(F)cc1Br)N1CCN(c2cccc(C(F)(F)F)c2)CC1. The standard InChI is InChI=1S/C19H17BrF4N2O2/c20-16-11-14(21)4-5-17(16)28-12-18(27)26-8-6-25(7-9-26)15-3-1-2-13(10-15)19(22,23)24/h1-5,10-11H,6-9,12H2. The van der Waals surface area contributed by atoms with E-state index in [1.807, 2.05) is 4.90 Å². The first kappa shape index (κ1) is 20.4. The van der Waals surface area contributed by atoms with Crippen LogP contribution >= 0.6 is 15.9 Å². The van der Waals surface area contributed by atoms with Crippen LogP contribution in [0.2, 0.25) is 0 Å². The lowest BCUT2D eigenvalue weighted by molar-refractivity contribution is -0.137. The molecule has 150 valence electrons. The monoisotopic (exact) mass is 460 g/mol. The van der Waals surface area contributed by atoms with E-state index < -0.39 is 17.6 Å². The fourth-order valence-electron chi connectivity index (χ4n) is 2.92. The van der Waals surface area contributed by atoms with Gasteiger partial charge in [-0.25, -0.2) is 4.39 Å². The Bertz CT molecular complexity index is 852. The third-order valence-corrected chi connectivity index (χ3v) is 5.04. The predicted molar refractivity (Wildman–Crippen MR) is 99.8 cm³/mol. The first-order valence-electron chi connectivity index (χ1n) is 8.52. The highest BCUT2D eigenvalue weighted by Gasteiger charge is 2.31. The number of benzene rings is 2. The van der Waals surface area contributed by atoms with Gasteiger partial charge in [-0.15, -0.1) is 0 Å². The average Bonchev–Trinajstić information content (AvgIpc) is 2.67. The van der Waals surface area contributed by atoms with E-state index in [-0.39, 0.29) is 12.5 Å². The fraction of sp³-hybridized carbons (Fsp3) is 0.316. The average molecular weight is 461 g/mol. The fourth-order valence-corrected chi connectivity index (χ4v) is 3.38. The van der Waals surface area contributed by atoms with E-state index in [1.165, 1.54) is 24.3 Å². The summed E-state index contributed by atoms with van der Waals surface area (Å²) in [6.45, 7) is 1.40. The number of amides is 1. The summed E-state index contributed by atoms with van der Waals surface area (Å²) >= 11 is 3.17. The molecule has 28 heavy (non-hydrogen) atoms. The number of hydrogen-bond acceptors (Lipinski definition) is 3. The van der Waals surface area contributed by atoms with Gasteiger partial charge in [-0.1, -0.05) is 6.07 Å². The summed E-state index contributed by atoms with van der Waals surface area (Å²) in [4.78, 5) is 15.7. The molecule has 0 radical (unpaired) electrons. The van der Waals surface area contributed by atoms with Crippen molar-refractivity contribution >= 4 is 27.5 Å². The maximum absolute atomic E-state index is 13.1. The van der Waals surface area contributed by atoms with Crippen molar-refractivity contribution in [2.24, 2.45) is 0 Å². The van der Waals surface area contributed by atoms with Gasteiger partial charge < -0.3 is 14.5 Å². The Hall–Kier alpha value is -2.29. The van der Waals surface area contributed by atoms with Crippen LogP contribution in [-0.2, 0) is 11.0 Å². The molecule has 0 aliphatic carbocycles. The zero-order valence-corrected chi connectivity index (χ0v) is 16.3. The first-order chi connectivity index (χ1) is 13.2. The molecule has 0 aromatic heterocycles. The van der Waals surface area contributed by atoms with Crippen molar-refractivity contribution < 1.29 is 27.1 Å². The van der Waals surface area contributed by atoms with Crippen molar-refractivity contribution in [2.45, 2.75) is 6.18 Å². The maximum atomic E-state index is 13.1. The summed E-state index contributed by atoms with van der Waals surface area (Å²) in [6.07, 6.45) is -4.39. The molecule has 2 aromatic rings. The highest BCUT2D eigenvalue weighted by Crippen LogP contribution is 2.32. The Kier molecular flexibility index (Phi) is 6.12. The molecule has 0 unspecified atom stereocenters. The Morgan fingerprint density at radius 3 is 2.43 bits per heavy atom. The summed E-state index contributed by atoms with van der Waals surface area (Å²) < 4.78 is 57.5. The van der Waals surface area contributed by atoms with Gasteiger partial charge in [0.25, 0.3) is 5.91 Å². The van der Waals surface area contributed by atoms with Gasteiger partial charge in [0.1, 0.15) is 11.6 Å². The van der Waals surface area contributed by atoms with Crippen molar-refractivity contribution in [1.82, 2.24) is 4.90 Å². The van der Waals surface area contributed by atoms with Gasteiger partial charge in [-0.3, -0.25) is 4.79 Å². The number of piperazine rings is 1. The number of rotatable bonds is 4. The van der Waals surface area contributed by atoms with E-state index in [0.717, 1.165) is 12.1 Å². The van der Waals surface area contributed by atoms with E-state index in [0.29, 0.717) is 42.1 Å². The second-order valence-corrected chi connectivity index (χ2v) is 7.13. The molecule has 2 aromatic carbocycles. The smallest absolute Gasteiger partial charge is 0.416 e. The summed E-state index contributed by atoms with van der Waals surface area (Å²) in [5.41, 5.74) is -0.213. The lowest BCUT2D eigenvalue weighted by Crippen LogP contribution is -2.50. The Morgan fingerprint density at radius 2 is 1.79 bits per heavy atom. The third kappa shape index (κ3) is 4.95. The summed E-state index contributed by atoms with van der Waals surface area (Å²) in [6, 6.07) is 9.07. The number of carbonyl (C=O) groups excluding carboxylic acids is 1.